The maximum atomic E-state index is 12.9. The van der Waals surface area contributed by atoms with E-state index in [1.54, 1.807) is 6.20 Å². The SMILES string of the molecule is Cc1cccc(C(C(=O)N2CCCC2)c2ccccn2)n1. The van der Waals surface area contributed by atoms with Gasteiger partial charge in [-0.25, -0.2) is 0 Å². The quantitative estimate of drug-likeness (QED) is 0.868. The Morgan fingerprint density at radius 3 is 2.52 bits per heavy atom. The van der Waals surface area contributed by atoms with Gasteiger partial charge in [-0.15, -0.1) is 0 Å². The van der Waals surface area contributed by atoms with Crippen molar-refractivity contribution in [1.29, 1.82) is 0 Å². The summed E-state index contributed by atoms with van der Waals surface area (Å²) in [5.41, 5.74) is 2.47. The smallest absolute Gasteiger partial charge is 0.237 e. The molecule has 2 aromatic heterocycles. The normalized spacial score (nSPS) is 16.0. The average molecular weight is 281 g/mol. The fraction of sp³-hybridized carbons (Fsp3) is 0.353. The fourth-order valence-corrected chi connectivity index (χ4v) is 2.80. The predicted octanol–water partition coefficient (Wildman–Crippen LogP) is 2.54. The van der Waals surface area contributed by atoms with Crippen LogP contribution in [-0.4, -0.2) is 33.9 Å². The molecule has 1 amide bonds. The number of likely N-dealkylation sites (tertiary alicyclic amines) is 1. The van der Waals surface area contributed by atoms with Crippen LogP contribution < -0.4 is 0 Å². The molecule has 1 unspecified atom stereocenters. The van der Waals surface area contributed by atoms with E-state index in [0.717, 1.165) is 43.0 Å². The van der Waals surface area contributed by atoms with Gasteiger partial charge in [-0.3, -0.25) is 14.8 Å². The second-order valence-corrected chi connectivity index (χ2v) is 5.42. The van der Waals surface area contributed by atoms with Gasteiger partial charge in [0.2, 0.25) is 5.91 Å². The van der Waals surface area contributed by atoms with E-state index in [2.05, 4.69) is 9.97 Å². The van der Waals surface area contributed by atoms with Gasteiger partial charge in [0.25, 0.3) is 0 Å². The predicted molar refractivity (Wildman–Crippen MR) is 80.9 cm³/mol. The van der Waals surface area contributed by atoms with E-state index in [1.165, 1.54) is 0 Å². The second-order valence-electron chi connectivity index (χ2n) is 5.42. The summed E-state index contributed by atoms with van der Waals surface area (Å²) in [6, 6.07) is 11.5. The molecule has 0 spiro atoms. The third-order valence-electron chi connectivity index (χ3n) is 3.85. The average Bonchev–Trinajstić information content (AvgIpc) is 3.03. The summed E-state index contributed by atoms with van der Waals surface area (Å²) in [6.45, 7) is 3.63. The van der Waals surface area contributed by atoms with Crippen LogP contribution in [0.15, 0.2) is 42.6 Å². The van der Waals surface area contributed by atoms with E-state index in [-0.39, 0.29) is 5.91 Å². The first-order valence-electron chi connectivity index (χ1n) is 7.39. The first-order valence-corrected chi connectivity index (χ1v) is 7.39. The molecule has 1 atom stereocenters. The van der Waals surface area contributed by atoms with Crippen LogP contribution in [0.3, 0.4) is 0 Å². The molecule has 3 rings (SSSR count). The zero-order valence-corrected chi connectivity index (χ0v) is 12.2. The highest BCUT2D eigenvalue weighted by molar-refractivity contribution is 5.86. The van der Waals surface area contributed by atoms with Crippen molar-refractivity contribution in [3.63, 3.8) is 0 Å². The first kappa shape index (κ1) is 13.7. The summed E-state index contributed by atoms with van der Waals surface area (Å²) in [7, 11) is 0. The van der Waals surface area contributed by atoms with Crippen molar-refractivity contribution in [2.45, 2.75) is 25.7 Å². The van der Waals surface area contributed by atoms with Gasteiger partial charge in [0, 0.05) is 25.0 Å². The zero-order valence-electron chi connectivity index (χ0n) is 12.2. The third kappa shape index (κ3) is 2.94. The fourth-order valence-electron chi connectivity index (χ4n) is 2.80. The molecule has 0 radical (unpaired) electrons. The van der Waals surface area contributed by atoms with Gasteiger partial charge in [-0.2, -0.15) is 0 Å². The molecule has 4 nitrogen and oxygen atoms in total. The van der Waals surface area contributed by atoms with Crippen LogP contribution in [0.2, 0.25) is 0 Å². The Kier molecular flexibility index (Phi) is 3.95. The second kappa shape index (κ2) is 6.04. The number of nitrogens with zero attached hydrogens (tertiary/aromatic N) is 3. The molecule has 0 saturated carbocycles. The molecule has 0 aliphatic carbocycles. The maximum absolute atomic E-state index is 12.9. The van der Waals surface area contributed by atoms with Gasteiger partial charge in [0.05, 0.1) is 11.4 Å². The molecule has 1 saturated heterocycles. The largest absolute Gasteiger partial charge is 0.342 e. The highest BCUT2D eigenvalue weighted by Crippen LogP contribution is 2.26. The van der Waals surface area contributed by atoms with E-state index in [0.29, 0.717) is 0 Å². The van der Waals surface area contributed by atoms with Crippen LogP contribution in [0.4, 0.5) is 0 Å². The lowest BCUT2D eigenvalue weighted by molar-refractivity contribution is -0.130. The van der Waals surface area contributed by atoms with Crippen LogP contribution in [-0.2, 0) is 4.79 Å². The standard InChI is InChI=1S/C17H19N3O/c1-13-7-6-9-15(19-13)16(14-8-2-3-10-18-14)17(21)20-11-4-5-12-20/h2-3,6-10,16H,4-5,11-12H2,1H3. The molecule has 1 fully saturated rings. The minimum absolute atomic E-state index is 0.115. The number of carbonyl (C=O) groups is 1. The third-order valence-corrected chi connectivity index (χ3v) is 3.85. The van der Waals surface area contributed by atoms with E-state index < -0.39 is 5.92 Å². The van der Waals surface area contributed by atoms with Crippen LogP contribution in [0.1, 0.15) is 35.8 Å². The Morgan fingerprint density at radius 1 is 1.10 bits per heavy atom. The Labute approximate surface area is 124 Å². The van der Waals surface area contributed by atoms with E-state index in [1.807, 2.05) is 48.2 Å². The number of aromatic nitrogens is 2. The number of hydrogen-bond donors (Lipinski definition) is 0. The van der Waals surface area contributed by atoms with Crippen molar-refractivity contribution in [1.82, 2.24) is 14.9 Å². The maximum Gasteiger partial charge on any atom is 0.237 e. The Hall–Kier alpha value is -2.23. The highest BCUT2D eigenvalue weighted by Gasteiger charge is 2.30. The van der Waals surface area contributed by atoms with E-state index in [9.17, 15) is 4.79 Å². The van der Waals surface area contributed by atoms with Gasteiger partial charge in [-0.1, -0.05) is 12.1 Å². The molecular weight excluding hydrogens is 262 g/mol. The van der Waals surface area contributed by atoms with Crippen molar-refractivity contribution in [3.05, 3.63) is 59.7 Å². The molecule has 1 aliphatic rings. The number of aryl methyl sites for hydroxylation is 1. The molecule has 2 aromatic rings. The lowest BCUT2D eigenvalue weighted by Gasteiger charge is -2.22. The van der Waals surface area contributed by atoms with Crippen molar-refractivity contribution in [3.8, 4) is 0 Å². The molecule has 1 aliphatic heterocycles. The summed E-state index contributed by atoms with van der Waals surface area (Å²) in [6.07, 6.45) is 3.90. The summed E-state index contributed by atoms with van der Waals surface area (Å²) in [5.74, 6) is -0.284. The van der Waals surface area contributed by atoms with Crippen molar-refractivity contribution >= 4 is 5.91 Å². The van der Waals surface area contributed by atoms with Crippen molar-refractivity contribution in [2.24, 2.45) is 0 Å². The number of carbonyl (C=O) groups excluding carboxylic acids is 1. The van der Waals surface area contributed by atoms with E-state index >= 15 is 0 Å². The monoisotopic (exact) mass is 281 g/mol. The van der Waals surface area contributed by atoms with E-state index in [4.69, 9.17) is 0 Å². The molecule has 21 heavy (non-hydrogen) atoms. The highest BCUT2D eigenvalue weighted by atomic mass is 16.2. The first-order chi connectivity index (χ1) is 10.3. The molecule has 0 N–H and O–H groups in total. The van der Waals surface area contributed by atoms with Crippen LogP contribution in [0.5, 0.6) is 0 Å². The summed E-state index contributed by atoms with van der Waals surface area (Å²) in [5, 5.41) is 0. The lowest BCUT2D eigenvalue weighted by Crippen LogP contribution is -2.34. The topological polar surface area (TPSA) is 46.1 Å². The Morgan fingerprint density at radius 2 is 1.86 bits per heavy atom. The summed E-state index contributed by atoms with van der Waals surface area (Å²) >= 11 is 0. The molecular formula is C17H19N3O. The van der Waals surface area contributed by atoms with Crippen molar-refractivity contribution in [2.75, 3.05) is 13.1 Å². The minimum atomic E-state index is -0.399. The van der Waals surface area contributed by atoms with Crippen LogP contribution in [0.25, 0.3) is 0 Å². The Balaban J connectivity index is 2.00. The zero-order chi connectivity index (χ0) is 14.7. The van der Waals surface area contributed by atoms with Gasteiger partial charge in [0.1, 0.15) is 5.92 Å². The number of rotatable bonds is 3. The summed E-state index contributed by atoms with van der Waals surface area (Å²) < 4.78 is 0. The molecule has 0 bridgehead atoms. The lowest BCUT2D eigenvalue weighted by atomic mass is 9.98. The van der Waals surface area contributed by atoms with Gasteiger partial charge in [0.15, 0.2) is 0 Å². The van der Waals surface area contributed by atoms with Gasteiger partial charge in [-0.05, 0) is 44.0 Å². The molecule has 3 heterocycles. The van der Waals surface area contributed by atoms with Crippen LogP contribution >= 0.6 is 0 Å². The number of hydrogen-bond acceptors (Lipinski definition) is 3. The molecule has 0 aromatic carbocycles. The van der Waals surface area contributed by atoms with Gasteiger partial charge < -0.3 is 4.90 Å². The summed E-state index contributed by atoms with van der Waals surface area (Å²) in [4.78, 5) is 23.8. The molecule has 108 valence electrons. The van der Waals surface area contributed by atoms with Gasteiger partial charge >= 0.3 is 0 Å². The number of pyridine rings is 2. The number of amides is 1. The minimum Gasteiger partial charge on any atom is -0.342 e. The van der Waals surface area contributed by atoms with Crippen LogP contribution in [0, 0.1) is 6.92 Å². The Bertz CT molecular complexity index is 621. The van der Waals surface area contributed by atoms with Crippen molar-refractivity contribution < 1.29 is 4.79 Å². The molecule has 4 heteroatoms.